The number of rotatable bonds is 5. The summed E-state index contributed by atoms with van der Waals surface area (Å²) in [7, 11) is 0. The Balaban J connectivity index is 1.36. The van der Waals surface area contributed by atoms with Crippen molar-refractivity contribution in [3.63, 3.8) is 0 Å². The van der Waals surface area contributed by atoms with E-state index in [-0.39, 0.29) is 11.8 Å². The van der Waals surface area contributed by atoms with Gasteiger partial charge in [-0.1, -0.05) is 30.1 Å². The van der Waals surface area contributed by atoms with Crippen LogP contribution >= 0.6 is 0 Å². The van der Waals surface area contributed by atoms with Crippen LogP contribution < -0.4 is 0 Å². The number of aryl methyl sites for hydroxylation is 1. The molecule has 2 aliphatic rings. The van der Waals surface area contributed by atoms with Gasteiger partial charge in [0.25, 0.3) is 0 Å². The summed E-state index contributed by atoms with van der Waals surface area (Å²) in [6.45, 7) is 3.65. The molecule has 5 rings (SSSR count). The molecule has 0 N–H and O–H groups in total. The summed E-state index contributed by atoms with van der Waals surface area (Å²) >= 11 is 0. The van der Waals surface area contributed by atoms with E-state index < -0.39 is 0 Å². The zero-order valence-electron chi connectivity index (χ0n) is 16.0. The Labute approximate surface area is 162 Å². The van der Waals surface area contributed by atoms with Gasteiger partial charge in [-0.05, 0) is 37.5 Å². The second kappa shape index (κ2) is 7.00. The van der Waals surface area contributed by atoms with E-state index in [0.29, 0.717) is 30.7 Å². The Bertz CT molecular complexity index is 1000. The molecule has 0 unspecified atom stereocenters. The summed E-state index contributed by atoms with van der Waals surface area (Å²) in [6, 6.07) is 6.30. The monoisotopic (exact) mass is 380 g/mol. The zero-order chi connectivity index (χ0) is 19.1. The molecule has 8 nitrogen and oxygen atoms in total. The molecule has 1 saturated heterocycles. The van der Waals surface area contributed by atoms with Crippen LogP contribution in [-0.4, -0.2) is 48.5 Å². The lowest BCUT2D eigenvalue weighted by atomic mass is 10.1. The molecule has 0 radical (unpaired) electrons. The van der Waals surface area contributed by atoms with Gasteiger partial charge in [0.05, 0.1) is 11.4 Å². The molecule has 1 saturated carbocycles. The number of hydrogen-bond donors (Lipinski definition) is 0. The molecule has 3 heterocycles. The molecular formula is C20H24N6O2. The van der Waals surface area contributed by atoms with E-state index in [9.17, 15) is 4.79 Å². The molecule has 0 spiro atoms. The second-order valence-corrected chi connectivity index (χ2v) is 7.86. The van der Waals surface area contributed by atoms with Gasteiger partial charge in [0, 0.05) is 31.1 Å². The Morgan fingerprint density at radius 1 is 1.25 bits per heavy atom. The molecule has 2 aromatic heterocycles. The van der Waals surface area contributed by atoms with E-state index >= 15 is 0 Å². The van der Waals surface area contributed by atoms with Crippen LogP contribution in [0.5, 0.6) is 0 Å². The summed E-state index contributed by atoms with van der Waals surface area (Å²) in [5, 5.41) is 12.6. The van der Waals surface area contributed by atoms with Crippen LogP contribution in [0.1, 0.15) is 57.3 Å². The van der Waals surface area contributed by atoms with Gasteiger partial charge in [-0.15, -0.1) is 5.10 Å². The van der Waals surface area contributed by atoms with Gasteiger partial charge in [0.15, 0.2) is 0 Å². The first-order valence-corrected chi connectivity index (χ1v) is 10.2. The number of carbonyl (C=O) groups excluding carboxylic acids is 1. The fraction of sp³-hybridized carbons (Fsp3) is 0.550. The fourth-order valence-electron chi connectivity index (χ4n) is 4.47. The Morgan fingerprint density at radius 3 is 2.93 bits per heavy atom. The molecular weight excluding hydrogens is 356 g/mol. The smallest absolute Gasteiger partial charge is 0.232 e. The van der Waals surface area contributed by atoms with Gasteiger partial charge in [0.2, 0.25) is 17.6 Å². The molecule has 1 aliphatic heterocycles. The number of amides is 1. The Hall–Kier alpha value is -2.77. The summed E-state index contributed by atoms with van der Waals surface area (Å²) < 4.78 is 7.44. The van der Waals surface area contributed by atoms with Gasteiger partial charge in [-0.3, -0.25) is 4.79 Å². The molecule has 2 fully saturated rings. The molecule has 3 aromatic rings. The Kier molecular flexibility index (Phi) is 4.33. The Morgan fingerprint density at radius 2 is 2.11 bits per heavy atom. The van der Waals surface area contributed by atoms with E-state index in [0.717, 1.165) is 42.4 Å². The highest BCUT2D eigenvalue weighted by Gasteiger charge is 2.38. The summed E-state index contributed by atoms with van der Waals surface area (Å²) in [4.78, 5) is 19.1. The van der Waals surface area contributed by atoms with Crippen LogP contribution in [-0.2, 0) is 11.3 Å². The number of nitrogens with zero attached hydrogens (tertiary/aromatic N) is 6. The number of benzene rings is 1. The average molecular weight is 380 g/mol. The molecule has 146 valence electrons. The lowest BCUT2D eigenvalue weighted by Crippen LogP contribution is -2.34. The van der Waals surface area contributed by atoms with Gasteiger partial charge in [0.1, 0.15) is 5.52 Å². The largest absolute Gasteiger partial charge is 0.339 e. The highest BCUT2D eigenvalue weighted by molar-refractivity contribution is 5.80. The first-order chi connectivity index (χ1) is 13.7. The predicted molar refractivity (Wildman–Crippen MR) is 102 cm³/mol. The number of aromatic nitrogens is 5. The summed E-state index contributed by atoms with van der Waals surface area (Å²) in [5.41, 5.74) is 2.67. The van der Waals surface area contributed by atoms with Crippen molar-refractivity contribution in [3.05, 3.63) is 24.1 Å². The lowest BCUT2D eigenvalue weighted by molar-refractivity contribution is -0.129. The van der Waals surface area contributed by atoms with Crippen molar-refractivity contribution in [2.45, 2.75) is 64.0 Å². The minimum absolute atomic E-state index is 0.0106. The van der Waals surface area contributed by atoms with Crippen LogP contribution in [0.15, 0.2) is 22.7 Å². The number of fused-ring (bicyclic) bond motifs is 1. The van der Waals surface area contributed by atoms with Crippen molar-refractivity contribution < 1.29 is 9.32 Å². The van der Waals surface area contributed by atoms with Crippen molar-refractivity contribution in [2.24, 2.45) is 0 Å². The number of carbonyl (C=O) groups is 1. The topological polar surface area (TPSA) is 89.9 Å². The summed E-state index contributed by atoms with van der Waals surface area (Å²) in [6.07, 6.45) is 6.14. The van der Waals surface area contributed by atoms with Gasteiger partial charge in [-0.2, -0.15) is 4.98 Å². The van der Waals surface area contributed by atoms with E-state index in [1.54, 1.807) is 0 Å². The quantitative estimate of drug-likeness (QED) is 0.675. The minimum Gasteiger partial charge on any atom is -0.339 e. The molecule has 8 heteroatoms. The van der Waals surface area contributed by atoms with Crippen molar-refractivity contribution in [1.29, 1.82) is 0 Å². The van der Waals surface area contributed by atoms with Crippen LogP contribution in [0.3, 0.4) is 0 Å². The normalized spacial score (nSPS) is 20.7. The average Bonchev–Trinajstić information content (AvgIpc) is 3.48. The third-order valence-corrected chi connectivity index (χ3v) is 5.92. The van der Waals surface area contributed by atoms with Crippen LogP contribution in [0.25, 0.3) is 22.4 Å². The van der Waals surface area contributed by atoms with Gasteiger partial charge in [-0.25, -0.2) is 4.68 Å². The third-order valence-electron chi connectivity index (χ3n) is 5.92. The van der Waals surface area contributed by atoms with Crippen molar-refractivity contribution in [1.82, 2.24) is 30.0 Å². The van der Waals surface area contributed by atoms with Gasteiger partial charge >= 0.3 is 0 Å². The molecule has 1 amide bonds. The molecule has 0 bridgehead atoms. The maximum atomic E-state index is 12.4. The molecule has 28 heavy (non-hydrogen) atoms. The third kappa shape index (κ3) is 2.96. The number of hydrogen-bond acceptors (Lipinski definition) is 6. The van der Waals surface area contributed by atoms with E-state index in [2.05, 4.69) is 27.4 Å². The number of likely N-dealkylation sites (tertiary alicyclic amines) is 1. The fourth-order valence-corrected chi connectivity index (χ4v) is 4.47. The van der Waals surface area contributed by atoms with Crippen molar-refractivity contribution in [3.8, 4) is 11.4 Å². The van der Waals surface area contributed by atoms with Crippen LogP contribution in [0, 0.1) is 0 Å². The first kappa shape index (κ1) is 17.3. The highest BCUT2D eigenvalue weighted by atomic mass is 16.5. The van der Waals surface area contributed by atoms with Gasteiger partial charge < -0.3 is 9.42 Å². The minimum atomic E-state index is -0.0106. The van der Waals surface area contributed by atoms with Crippen molar-refractivity contribution >= 4 is 16.9 Å². The molecule has 1 atom stereocenters. The first-order valence-electron chi connectivity index (χ1n) is 10.2. The standard InChI is InChI=1S/C20H24N6O2/c1-2-9-26-17-8-7-13(10-16(17)22-24-26)19-21-20(28-23-19)14-11-18(27)25(12-14)15-5-3-4-6-15/h7-8,10,14-15H,2-6,9,11-12H2,1H3/t14-/m0/s1. The predicted octanol–water partition coefficient (Wildman–Crippen LogP) is 3.15. The second-order valence-electron chi connectivity index (χ2n) is 7.86. The maximum absolute atomic E-state index is 12.4. The molecule has 1 aromatic carbocycles. The SMILES string of the molecule is CCCn1nnc2cc(-c3noc([C@H]4CC(=O)N(C5CCCC5)C4)n3)ccc21. The van der Waals surface area contributed by atoms with Crippen LogP contribution in [0.4, 0.5) is 0 Å². The zero-order valence-corrected chi connectivity index (χ0v) is 16.0. The van der Waals surface area contributed by atoms with E-state index in [1.165, 1.54) is 12.8 Å². The van der Waals surface area contributed by atoms with E-state index in [1.807, 2.05) is 27.8 Å². The summed E-state index contributed by atoms with van der Waals surface area (Å²) in [5.74, 6) is 1.29. The maximum Gasteiger partial charge on any atom is 0.232 e. The lowest BCUT2D eigenvalue weighted by Gasteiger charge is -2.23. The van der Waals surface area contributed by atoms with E-state index in [4.69, 9.17) is 4.52 Å². The highest BCUT2D eigenvalue weighted by Crippen LogP contribution is 2.34. The molecule has 1 aliphatic carbocycles. The van der Waals surface area contributed by atoms with Crippen molar-refractivity contribution in [2.75, 3.05) is 6.54 Å². The van der Waals surface area contributed by atoms with Crippen LogP contribution in [0.2, 0.25) is 0 Å².